The van der Waals surface area contributed by atoms with Crippen molar-refractivity contribution in [2.75, 3.05) is 25.4 Å². The molecule has 1 aliphatic rings. The maximum absolute atomic E-state index is 13.5. The Hall–Kier alpha value is -3.35. The van der Waals surface area contributed by atoms with Crippen LogP contribution < -0.4 is 16.4 Å². The van der Waals surface area contributed by atoms with Crippen LogP contribution in [0.2, 0.25) is 0 Å². The minimum Gasteiger partial charge on any atom is -0.447 e. The van der Waals surface area contributed by atoms with E-state index in [1.165, 1.54) is 24.3 Å². The molecule has 2 aromatic rings. The number of anilines is 1. The van der Waals surface area contributed by atoms with Crippen molar-refractivity contribution in [3.05, 3.63) is 60.2 Å². The van der Waals surface area contributed by atoms with Gasteiger partial charge >= 0.3 is 12.2 Å². The highest BCUT2D eigenvalue weighted by molar-refractivity contribution is 7.89. The normalized spacial score (nSPS) is 17.5. The molecule has 0 saturated carbocycles. The van der Waals surface area contributed by atoms with Gasteiger partial charge in [-0.15, -0.1) is 0 Å². The smallest absolute Gasteiger partial charge is 0.407 e. The summed E-state index contributed by atoms with van der Waals surface area (Å²) in [5, 5.41) is 16.5. The predicted molar refractivity (Wildman–Crippen MR) is 137 cm³/mol. The minimum atomic E-state index is -4.11. The number of benzene rings is 2. The predicted octanol–water partition coefficient (Wildman–Crippen LogP) is 1.86. The topological polar surface area (TPSA) is 160 Å². The Balaban J connectivity index is 1.87. The van der Waals surface area contributed by atoms with Gasteiger partial charge in [-0.2, -0.15) is 4.31 Å². The summed E-state index contributed by atoms with van der Waals surface area (Å²) in [4.78, 5) is 24.1. The summed E-state index contributed by atoms with van der Waals surface area (Å²) in [6.07, 6.45) is -2.49. The number of ether oxygens (including phenoxy) is 2. The first kappa shape index (κ1) is 28.2. The van der Waals surface area contributed by atoms with E-state index in [-0.39, 0.29) is 31.0 Å². The third-order valence-electron chi connectivity index (χ3n) is 5.54. The molecule has 1 saturated heterocycles. The van der Waals surface area contributed by atoms with Crippen LogP contribution >= 0.6 is 0 Å². The van der Waals surface area contributed by atoms with E-state index in [0.29, 0.717) is 5.69 Å². The summed E-state index contributed by atoms with van der Waals surface area (Å²) in [5.74, 6) is 0. The number of carbonyl (C=O) groups is 2. The molecule has 0 radical (unpaired) electrons. The van der Waals surface area contributed by atoms with Crippen molar-refractivity contribution in [2.45, 2.75) is 55.9 Å². The SMILES string of the molecule is CC(C)(C)OC(=O)N[C@@H](Cc1ccccc1)[C@H](O)CN(C[C@@H]1COC(=O)N1)S(=O)(=O)c1ccc(N)cc1. The summed E-state index contributed by atoms with van der Waals surface area (Å²) in [7, 11) is -4.11. The van der Waals surface area contributed by atoms with Crippen molar-refractivity contribution >= 4 is 27.9 Å². The van der Waals surface area contributed by atoms with Crippen molar-refractivity contribution in [1.82, 2.24) is 14.9 Å². The second-order valence-electron chi connectivity index (χ2n) is 9.84. The highest BCUT2D eigenvalue weighted by Gasteiger charge is 2.35. The Morgan fingerprint density at radius 3 is 2.43 bits per heavy atom. The van der Waals surface area contributed by atoms with Crippen LogP contribution in [0.3, 0.4) is 0 Å². The third kappa shape index (κ3) is 8.34. The molecule has 12 heteroatoms. The first-order valence-electron chi connectivity index (χ1n) is 11.8. The van der Waals surface area contributed by atoms with Gasteiger partial charge in [0.15, 0.2) is 0 Å². The Labute approximate surface area is 217 Å². The molecule has 202 valence electrons. The Bertz CT molecular complexity index is 1170. The molecule has 2 amide bonds. The number of amides is 2. The molecule has 5 N–H and O–H groups in total. The fourth-order valence-electron chi connectivity index (χ4n) is 3.78. The molecule has 3 atom stereocenters. The summed E-state index contributed by atoms with van der Waals surface area (Å²) in [5.41, 5.74) is 6.17. The molecule has 1 aliphatic heterocycles. The monoisotopic (exact) mass is 534 g/mol. The van der Waals surface area contributed by atoms with Gasteiger partial charge in [0.25, 0.3) is 0 Å². The van der Waals surface area contributed by atoms with Gasteiger partial charge in [-0.05, 0) is 57.0 Å². The lowest BCUT2D eigenvalue weighted by Crippen LogP contribution is -2.53. The molecule has 0 bridgehead atoms. The average molecular weight is 535 g/mol. The number of carbonyl (C=O) groups excluding carboxylic acids is 2. The largest absolute Gasteiger partial charge is 0.447 e. The first-order valence-corrected chi connectivity index (χ1v) is 13.3. The first-order chi connectivity index (χ1) is 17.3. The number of nitrogens with one attached hydrogen (secondary N) is 2. The lowest BCUT2D eigenvalue weighted by atomic mass is 10.0. The van der Waals surface area contributed by atoms with Crippen molar-refractivity contribution in [3.63, 3.8) is 0 Å². The van der Waals surface area contributed by atoms with Gasteiger partial charge in [0.1, 0.15) is 12.2 Å². The molecule has 0 spiro atoms. The van der Waals surface area contributed by atoms with Gasteiger partial charge in [-0.3, -0.25) is 0 Å². The van der Waals surface area contributed by atoms with Crippen LogP contribution in [0, 0.1) is 0 Å². The lowest BCUT2D eigenvalue weighted by molar-refractivity contribution is 0.0400. The van der Waals surface area contributed by atoms with Crippen LogP contribution in [-0.2, 0) is 25.9 Å². The fourth-order valence-corrected chi connectivity index (χ4v) is 5.28. The molecule has 1 heterocycles. The molecular weight excluding hydrogens is 500 g/mol. The maximum Gasteiger partial charge on any atom is 0.407 e. The average Bonchev–Trinajstić information content (AvgIpc) is 3.22. The number of alkyl carbamates (subject to hydrolysis) is 2. The van der Waals surface area contributed by atoms with Crippen molar-refractivity contribution < 1.29 is 32.6 Å². The lowest BCUT2D eigenvalue weighted by Gasteiger charge is -2.31. The summed E-state index contributed by atoms with van der Waals surface area (Å²) >= 11 is 0. The summed E-state index contributed by atoms with van der Waals surface area (Å²) < 4.78 is 38.4. The van der Waals surface area contributed by atoms with E-state index >= 15 is 0 Å². The van der Waals surface area contributed by atoms with Crippen LogP contribution in [-0.4, -0.2) is 73.5 Å². The Kier molecular flexibility index (Phi) is 9.00. The summed E-state index contributed by atoms with van der Waals surface area (Å²) in [6, 6.07) is 13.3. The molecule has 3 rings (SSSR count). The highest BCUT2D eigenvalue weighted by Crippen LogP contribution is 2.20. The number of hydrogen-bond donors (Lipinski definition) is 4. The van der Waals surface area contributed by atoms with Gasteiger partial charge in [-0.1, -0.05) is 30.3 Å². The molecular formula is C25H34N4O7S. The highest BCUT2D eigenvalue weighted by atomic mass is 32.2. The number of nitrogens with zero attached hydrogens (tertiary/aromatic N) is 1. The maximum atomic E-state index is 13.5. The van der Waals surface area contributed by atoms with Gasteiger partial charge < -0.3 is 30.9 Å². The standard InChI is InChI=1S/C25H34N4O7S/c1-25(2,3)36-24(32)28-21(13-17-7-5-4-6-8-17)22(30)15-29(14-19-16-35-23(31)27-19)37(33,34)20-11-9-18(26)10-12-20/h4-12,19,21-22,30H,13-16,26H2,1-3H3,(H,27,31)(H,28,32)/t19-,21+,22-/m1/s1. The number of cyclic esters (lactones) is 1. The molecule has 37 heavy (non-hydrogen) atoms. The Morgan fingerprint density at radius 1 is 1.22 bits per heavy atom. The quantitative estimate of drug-likeness (QED) is 0.336. The van der Waals surface area contributed by atoms with E-state index < -0.39 is 46.0 Å². The van der Waals surface area contributed by atoms with Crippen molar-refractivity contribution in [1.29, 1.82) is 0 Å². The van der Waals surface area contributed by atoms with Gasteiger partial charge in [0.2, 0.25) is 10.0 Å². The van der Waals surface area contributed by atoms with E-state index in [4.69, 9.17) is 15.2 Å². The third-order valence-corrected chi connectivity index (χ3v) is 7.38. The second-order valence-corrected chi connectivity index (χ2v) is 11.8. The van der Waals surface area contributed by atoms with Gasteiger partial charge in [0.05, 0.1) is 23.1 Å². The van der Waals surface area contributed by atoms with Crippen LogP contribution in [0.15, 0.2) is 59.5 Å². The van der Waals surface area contributed by atoms with E-state index in [0.717, 1.165) is 9.87 Å². The number of nitrogens with two attached hydrogens (primary N) is 1. The van der Waals surface area contributed by atoms with Crippen molar-refractivity contribution in [2.24, 2.45) is 0 Å². The fraction of sp³-hybridized carbons (Fsp3) is 0.440. The molecule has 2 aromatic carbocycles. The van der Waals surface area contributed by atoms with Gasteiger partial charge in [-0.25, -0.2) is 18.0 Å². The number of nitrogen functional groups attached to an aromatic ring is 1. The van der Waals surface area contributed by atoms with Gasteiger partial charge in [0, 0.05) is 18.8 Å². The number of rotatable bonds is 10. The molecule has 0 aromatic heterocycles. The molecule has 0 aliphatic carbocycles. The molecule has 0 unspecified atom stereocenters. The zero-order valence-corrected chi connectivity index (χ0v) is 21.9. The number of hydrogen-bond acceptors (Lipinski definition) is 8. The van der Waals surface area contributed by atoms with Crippen molar-refractivity contribution in [3.8, 4) is 0 Å². The van der Waals surface area contributed by atoms with Crippen LogP contribution in [0.25, 0.3) is 0 Å². The number of aliphatic hydroxyl groups is 1. The summed E-state index contributed by atoms with van der Waals surface area (Å²) in [6.45, 7) is 4.61. The zero-order chi connectivity index (χ0) is 27.2. The van der Waals surface area contributed by atoms with E-state index in [1.54, 1.807) is 20.8 Å². The van der Waals surface area contributed by atoms with E-state index in [1.807, 2.05) is 30.3 Å². The second kappa shape index (κ2) is 11.8. The zero-order valence-electron chi connectivity index (χ0n) is 21.1. The number of sulfonamides is 1. The van der Waals surface area contributed by atoms with Crippen LogP contribution in [0.5, 0.6) is 0 Å². The Morgan fingerprint density at radius 2 is 1.86 bits per heavy atom. The molecule has 11 nitrogen and oxygen atoms in total. The molecule has 1 fully saturated rings. The van der Waals surface area contributed by atoms with Crippen LogP contribution in [0.1, 0.15) is 26.3 Å². The van der Waals surface area contributed by atoms with Crippen LogP contribution in [0.4, 0.5) is 15.3 Å². The van der Waals surface area contributed by atoms with E-state index in [2.05, 4.69) is 10.6 Å². The number of aliphatic hydroxyl groups excluding tert-OH is 1. The minimum absolute atomic E-state index is 0.0215. The van der Waals surface area contributed by atoms with E-state index in [9.17, 15) is 23.1 Å².